The number of carboxylic acids is 1. The molecule has 0 radical (unpaired) electrons. The van der Waals surface area contributed by atoms with Crippen molar-refractivity contribution in [3.63, 3.8) is 0 Å². The number of ether oxygens (including phenoxy) is 9. The summed E-state index contributed by atoms with van der Waals surface area (Å²) in [7, 11) is -7.72. The Kier molecular flexibility index (Phi) is 29.4. The summed E-state index contributed by atoms with van der Waals surface area (Å²) in [6.45, 7) is 18.9. The van der Waals surface area contributed by atoms with Gasteiger partial charge in [0.15, 0.2) is 0 Å². The summed E-state index contributed by atoms with van der Waals surface area (Å²) in [5.41, 5.74) is -2.94. The van der Waals surface area contributed by atoms with Gasteiger partial charge in [0.25, 0.3) is 31.9 Å². The standard InChI is InChI=1S/C39H50FN5O12S.C38H48FN5O12S/c1-6-26-21-39(26,35(48)43-58(51,52)32-13-8-7-12-30(32)41-15-17-55-19-18-54-16-14-33(46)53-5)42-34(47)31-20-27(23-45(31)37(50)57-38(2,3)4)56-36(49)44-22-25-10-9-11-29(40)28(25)24-44;1-5-25-20-38(25,34(48)42-57(51,52)31-12-7-6-11-29(31)40-14-16-54-18-17-53-15-13-32(45)46)41-33(47)30-19-26(22-44(30)36(50)56-37(2,3)4)55-35(49)43-21-24-9-8-10-28(39)27(24)23-43/h6-13,26-27,31,41H,1,14-24H2,2-5H3,(H,42,47)(H,43,48);5-12,25-26,30,40H,1,13-23H2,2-4H3,(H,41,47)(H,42,48)(H,45,46)/t26-,27-,31+,39-;25-,26-,30+,38-/m11/s1. The Morgan fingerprint density at radius 2 is 0.904 bits per heavy atom. The number of methoxy groups -OCH3 is 1. The van der Waals surface area contributed by atoms with Gasteiger partial charge in [-0.3, -0.25) is 48.4 Å². The number of nitrogens with one attached hydrogen (secondary N) is 6. The highest BCUT2D eigenvalue weighted by Crippen LogP contribution is 2.47. The fraction of sp³-hybridized carbons (Fsp3) is 0.506. The Morgan fingerprint density at radius 3 is 1.26 bits per heavy atom. The van der Waals surface area contributed by atoms with E-state index in [-0.39, 0.29) is 171 Å². The number of fused-ring (bicyclic) bond motifs is 2. The molecule has 6 aliphatic rings. The van der Waals surface area contributed by atoms with Gasteiger partial charge in [-0.1, -0.05) is 60.7 Å². The predicted molar refractivity (Wildman–Crippen MR) is 406 cm³/mol. The van der Waals surface area contributed by atoms with Gasteiger partial charge in [-0.05, 0) is 102 Å². The van der Waals surface area contributed by atoms with Crippen LogP contribution in [0.2, 0.25) is 0 Å². The SMILES string of the molecule is C=C[C@@H]1C[C@]1(NC(=O)[C@@H]1C[C@@H](OC(=O)N2Cc3cccc(F)c3C2)CN1C(=O)OC(C)(C)C)C(=O)NS(=O)(=O)c1ccccc1NCCOCCOCCC(=O)O.C=C[C@@H]1C[C@]1(NC(=O)[C@@H]1C[C@@H](OC(=O)N2Cc3cccc(F)c3C2)CN1C(=O)OC(C)(C)C)C(=O)NS(=O)(=O)c1ccccc1NCCOCCOCCC(=O)OC. The molecule has 0 aromatic heterocycles. The second-order valence-corrected chi connectivity index (χ2v) is 33.2. The van der Waals surface area contributed by atoms with E-state index in [1.807, 2.05) is 0 Å². The van der Waals surface area contributed by atoms with Crippen molar-refractivity contribution < 1.29 is 121 Å². The van der Waals surface area contributed by atoms with Gasteiger partial charge < -0.3 is 69.0 Å². The van der Waals surface area contributed by atoms with E-state index in [1.54, 1.807) is 77.9 Å². The van der Waals surface area contributed by atoms with Gasteiger partial charge >= 0.3 is 36.3 Å². The van der Waals surface area contributed by atoms with E-state index in [0.717, 1.165) is 9.80 Å². The van der Waals surface area contributed by atoms with E-state index in [2.05, 4.69) is 48.6 Å². The van der Waals surface area contributed by atoms with Crippen molar-refractivity contribution in [1.82, 2.24) is 39.7 Å². The summed E-state index contributed by atoms with van der Waals surface area (Å²) < 4.78 is 136. The molecular weight excluding hydrogens is 1550 g/mol. The lowest BCUT2D eigenvalue weighted by atomic mass is 10.1. The largest absolute Gasteiger partial charge is 0.481 e. The molecule has 4 aliphatic heterocycles. The minimum Gasteiger partial charge on any atom is -0.481 e. The number of amides is 8. The number of aliphatic carboxylic acids is 1. The van der Waals surface area contributed by atoms with Crippen LogP contribution in [-0.2, 0) is 118 Å². The molecule has 2 aliphatic carbocycles. The van der Waals surface area contributed by atoms with E-state index in [1.165, 1.54) is 77.6 Å². The summed E-state index contributed by atoms with van der Waals surface area (Å²) in [5.74, 6) is -7.19. The number of esters is 1. The fourth-order valence-electron chi connectivity index (χ4n) is 13.2. The zero-order chi connectivity index (χ0) is 83.8. The molecule has 38 heteroatoms. The molecule has 34 nitrogen and oxygen atoms in total. The molecule has 8 amide bonds. The number of para-hydroxylation sites is 2. The van der Waals surface area contributed by atoms with Gasteiger partial charge in [0.1, 0.15) is 68.0 Å². The van der Waals surface area contributed by atoms with Gasteiger partial charge in [-0.15, -0.1) is 13.2 Å². The lowest BCUT2D eigenvalue weighted by Gasteiger charge is -2.29. The summed E-state index contributed by atoms with van der Waals surface area (Å²) in [5, 5.41) is 19.9. The first-order valence-electron chi connectivity index (χ1n) is 37.1. The predicted octanol–water partition coefficient (Wildman–Crippen LogP) is 6.37. The van der Waals surface area contributed by atoms with Gasteiger partial charge in [0.05, 0.1) is 110 Å². The molecule has 4 aromatic rings. The number of likely N-dealkylation sites (tertiary alicyclic amines) is 2. The Hall–Kier alpha value is -10.5. The highest BCUT2D eigenvalue weighted by molar-refractivity contribution is 7.90. The van der Waals surface area contributed by atoms with Crippen LogP contribution in [0.1, 0.15) is 102 Å². The minimum atomic E-state index is -4.51. The van der Waals surface area contributed by atoms with Crippen LogP contribution >= 0.6 is 0 Å². The van der Waals surface area contributed by atoms with Gasteiger partial charge in [0.2, 0.25) is 11.8 Å². The molecule has 2 saturated heterocycles. The van der Waals surface area contributed by atoms with Crippen LogP contribution < -0.4 is 30.7 Å². The highest BCUT2D eigenvalue weighted by atomic mass is 32.2. The van der Waals surface area contributed by atoms with Crippen LogP contribution in [0.4, 0.5) is 39.3 Å². The van der Waals surface area contributed by atoms with E-state index in [0.29, 0.717) is 22.3 Å². The molecule has 2 saturated carbocycles. The van der Waals surface area contributed by atoms with E-state index in [9.17, 15) is 73.6 Å². The van der Waals surface area contributed by atoms with Crippen LogP contribution in [0.15, 0.2) is 120 Å². The summed E-state index contributed by atoms with van der Waals surface area (Å²) in [6, 6.07) is 18.4. The lowest BCUT2D eigenvalue weighted by Crippen LogP contribution is -2.56. The van der Waals surface area contributed by atoms with Crippen molar-refractivity contribution in [3.05, 3.63) is 144 Å². The lowest BCUT2D eigenvalue weighted by molar-refractivity contribution is -0.142. The molecule has 8 atom stereocenters. The van der Waals surface area contributed by atoms with Crippen LogP contribution in [0.3, 0.4) is 0 Å². The van der Waals surface area contributed by atoms with Gasteiger partial charge in [0, 0.05) is 62.0 Å². The molecule has 4 heterocycles. The third-order valence-electron chi connectivity index (χ3n) is 19.2. The topological polar surface area (TPSA) is 427 Å². The highest BCUT2D eigenvalue weighted by Gasteiger charge is 2.63. The summed E-state index contributed by atoms with van der Waals surface area (Å²) >= 11 is 0. The van der Waals surface area contributed by atoms with Crippen LogP contribution in [0.25, 0.3) is 0 Å². The Balaban J connectivity index is 0.000000263. The number of halogens is 2. The van der Waals surface area contributed by atoms with Crippen molar-refractivity contribution in [2.75, 3.05) is 96.8 Å². The molecule has 4 fully saturated rings. The van der Waals surface area contributed by atoms with Crippen LogP contribution in [0.5, 0.6) is 0 Å². The Morgan fingerprint density at radius 1 is 0.522 bits per heavy atom. The Labute approximate surface area is 664 Å². The first kappa shape index (κ1) is 88.4. The third kappa shape index (κ3) is 23.4. The zero-order valence-electron chi connectivity index (χ0n) is 64.9. The maximum Gasteiger partial charge on any atom is 0.411 e. The molecule has 626 valence electrons. The third-order valence-corrected chi connectivity index (χ3v) is 22.0. The first-order valence-corrected chi connectivity index (χ1v) is 40.1. The average molecular weight is 1650 g/mol. The smallest absolute Gasteiger partial charge is 0.411 e. The number of hydrogen-bond donors (Lipinski definition) is 7. The molecule has 7 N–H and O–H groups in total. The van der Waals surface area contributed by atoms with E-state index < -0.39 is 144 Å². The number of anilines is 2. The number of carbonyl (C=O) groups excluding carboxylic acids is 9. The molecule has 0 unspecified atom stereocenters. The maximum atomic E-state index is 14.4. The van der Waals surface area contributed by atoms with E-state index in [4.69, 9.17) is 43.0 Å². The van der Waals surface area contributed by atoms with Crippen LogP contribution in [0, 0.1) is 23.5 Å². The van der Waals surface area contributed by atoms with Crippen molar-refractivity contribution in [1.29, 1.82) is 0 Å². The molecule has 0 spiro atoms. The quantitative estimate of drug-likeness (QED) is 0.0115. The molecular formula is C77H98F2N10O24S2. The van der Waals surface area contributed by atoms with E-state index >= 15 is 0 Å². The summed E-state index contributed by atoms with van der Waals surface area (Å²) in [6.07, 6.45) is -2.65. The number of rotatable bonds is 34. The first-order chi connectivity index (χ1) is 54.4. The molecule has 0 bridgehead atoms. The van der Waals surface area contributed by atoms with Crippen molar-refractivity contribution >= 4 is 91.4 Å². The number of nitrogens with zero attached hydrogens (tertiary/aromatic N) is 4. The molecule has 4 aromatic carbocycles. The number of carboxylic acid groups (broad SMARTS) is 1. The molecule has 115 heavy (non-hydrogen) atoms. The Bertz CT molecular complexity index is 4530. The van der Waals surface area contributed by atoms with Crippen LogP contribution in [-0.4, -0.2) is 234 Å². The van der Waals surface area contributed by atoms with Crippen molar-refractivity contribution in [2.24, 2.45) is 11.8 Å². The number of sulfonamides is 2. The molecule has 10 rings (SSSR count). The number of hydrogen-bond acceptors (Lipinski definition) is 25. The average Bonchev–Trinajstić information content (AvgIpc) is 1.58. The second-order valence-electron chi connectivity index (χ2n) is 29.9. The number of carbonyl (C=O) groups is 10. The summed E-state index contributed by atoms with van der Waals surface area (Å²) in [4.78, 5) is 135. The van der Waals surface area contributed by atoms with Crippen molar-refractivity contribution in [2.45, 2.75) is 163 Å². The van der Waals surface area contributed by atoms with Gasteiger partial charge in [-0.25, -0.2) is 54.2 Å². The fourth-order valence-corrected chi connectivity index (χ4v) is 15.7. The van der Waals surface area contributed by atoms with Crippen molar-refractivity contribution in [3.8, 4) is 0 Å². The zero-order valence-corrected chi connectivity index (χ0v) is 66.5. The second kappa shape index (κ2) is 38.3. The monoisotopic (exact) mass is 1650 g/mol. The van der Waals surface area contributed by atoms with Gasteiger partial charge in [-0.2, -0.15) is 0 Å². The minimum absolute atomic E-state index is 0.0105. The number of benzene rings is 4. The normalized spacial score (nSPS) is 21.2. The maximum absolute atomic E-state index is 14.4.